The second-order valence-electron chi connectivity index (χ2n) is 4.58. The average Bonchev–Trinajstić information content (AvgIpc) is 2.46. The quantitative estimate of drug-likeness (QED) is 0.602. The molecule has 0 radical (unpaired) electrons. The monoisotopic (exact) mass is 397 g/mol. The zero-order valence-electron chi connectivity index (χ0n) is 11.6. The molecule has 0 atom stereocenters. The maximum Gasteiger partial charge on any atom is 0.255 e. The number of phenols is 1. The van der Waals surface area contributed by atoms with E-state index in [-0.39, 0.29) is 17.2 Å². The SMILES string of the molecule is Cc1cccc(OCCNC(=O)c2cc(I)ccc2O)c1. The highest BCUT2D eigenvalue weighted by Crippen LogP contribution is 2.19. The predicted octanol–water partition coefficient (Wildman–Crippen LogP) is 3.11. The van der Waals surface area contributed by atoms with Gasteiger partial charge in [-0.3, -0.25) is 4.79 Å². The van der Waals surface area contributed by atoms with Gasteiger partial charge in [0.1, 0.15) is 18.1 Å². The Bertz CT molecular complexity index is 643. The largest absolute Gasteiger partial charge is 0.507 e. The summed E-state index contributed by atoms with van der Waals surface area (Å²) in [7, 11) is 0. The van der Waals surface area contributed by atoms with Gasteiger partial charge >= 0.3 is 0 Å². The van der Waals surface area contributed by atoms with Gasteiger partial charge in [-0.15, -0.1) is 0 Å². The molecule has 0 aromatic heterocycles. The number of phenolic OH excluding ortho intramolecular Hbond substituents is 1. The Balaban J connectivity index is 1.83. The van der Waals surface area contributed by atoms with E-state index >= 15 is 0 Å². The number of rotatable bonds is 5. The summed E-state index contributed by atoms with van der Waals surface area (Å²) < 4.78 is 6.44. The molecule has 0 spiro atoms. The van der Waals surface area contributed by atoms with Gasteiger partial charge in [0.05, 0.1) is 12.1 Å². The summed E-state index contributed by atoms with van der Waals surface area (Å²) in [6, 6.07) is 12.6. The first kappa shape index (κ1) is 15.6. The molecule has 0 saturated carbocycles. The fraction of sp³-hybridized carbons (Fsp3) is 0.188. The van der Waals surface area contributed by atoms with Crippen LogP contribution in [0.4, 0.5) is 0 Å². The van der Waals surface area contributed by atoms with Crippen molar-refractivity contribution >= 4 is 28.5 Å². The molecule has 0 aliphatic heterocycles. The van der Waals surface area contributed by atoms with E-state index < -0.39 is 0 Å². The number of aromatic hydroxyl groups is 1. The molecule has 1 amide bonds. The number of aryl methyl sites for hydroxylation is 1. The third kappa shape index (κ3) is 4.63. The van der Waals surface area contributed by atoms with Gasteiger partial charge in [-0.1, -0.05) is 12.1 Å². The van der Waals surface area contributed by atoms with Crippen molar-refractivity contribution in [3.63, 3.8) is 0 Å². The van der Waals surface area contributed by atoms with Crippen LogP contribution < -0.4 is 10.1 Å². The molecule has 0 aliphatic carbocycles. The van der Waals surface area contributed by atoms with Crippen molar-refractivity contribution in [2.24, 2.45) is 0 Å². The second-order valence-corrected chi connectivity index (χ2v) is 5.83. The van der Waals surface area contributed by atoms with Gasteiger partial charge in [0.15, 0.2) is 0 Å². The Labute approximate surface area is 137 Å². The lowest BCUT2D eigenvalue weighted by molar-refractivity contribution is 0.0944. The van der Waals surface area contributed by atoms with Gasteiger partial charge in [0, 0.05) is 3.57 Å². The zero-order valence-corrected chi connectivity index (χ0v) is 13.8. The third-order valence-electron chi connectivity index (χ3n) is 2.85. The van der Waals surface area contributed by atoms with Crippen molar-refractivity contribution in [3.05, 3.63) is 57.2 Å². The maximum atomic E-state index is 12.0. The van der Waals surface area contributed by atoms with E-state index in [4.69, 9.17) is 4.74 Å². The smallest absolute Gasteiger partial charge is 0.255 e. The van der Waals surface area contributed by atoms with E-state index in [1.54, 1.807) is 12.1 Å². The topological polar surface area (TPSA) is 58.6 Å². The Morgan fingerprint density at radius 2 is 2.10 bits per heavy atom. The molecule has 2 rings (SSSR count). The summed E-state index contributed by atoms with van der Waals surface area (Å²) in [6.07, 6.45) is 0. The van der Waals surface area contributed by atoms with Crippen LogP contribution in [0, 0.1) is 10.5 Å². The highest BCUT2D eigenvalue weighted by molar-refractivity contribution is 14.1. The van der Waals surface area contributed by atoms with E-state index in [0.29, 0.717) is 13.2 Å². The molecular weight excluding hydrogens is 381 g/mol. The van der Waals surface area contributed by atoms with E-state index in [9.17, 15) is 9.90 Å². The summed E-state index contributed by atoms with van der Waals surface area (Å²) in [5, 5.41) is 12.4. The number of carbonyl (C=O) groups is 1. The zero-order chi connectivity index (χ0) is 15.2. The molecule has 0 fully saturated rings. The molecule has 0 heterocycles. The molecule has 0 saturated heterocycles. The molecule has 2 aromatic rings. The number of hydrogen-bond donors (Lipinski definition) is 2. The predicted molar refractivity (Wildman–Crippen MR) is 89.8 cm³/mol. The van der Waals surface area contributed by atoms with Gasteiger partial charge in [0.25, 0.3) is 5.91 Å². The van der Waals surface area contributed by atoms with Gasteiger partial charge in [-0.25, -0.2) is 0 Å². The van der Waals surface area contributed by atoms with Crippen molar-refractivity contribution < 1.29 is 14.6 Å². The number of amides is 1. The Morgan fingerprint density at radius 1 is 1.29 bits per heavy atom. The van der Waals surface area contributed by atoms with Gasteiger partial charge in [0.2, 0.25) is 0 Å². The minimum atomic E-state index is -0.307. The number of benzene rings is 2. The molecule has 0 unspecified atom stereocenters. The van der Waals surface area contributed by atoms with E-state index in [2.05, 4.69) is 27.9 Å². The maximum absolute atomic E-state index is 12.0. The minimum absolute atomic E-state index is 0.0208. The van der Waals surface area contributed by atoms with Crippen LogP contribution >= 0.6 is 22.6 Å². The molecule has 5 heteroatoms. The van der Waals surface area contributed by atoms with Gasteiger partial charge < -0.3 is 15.2 Å². The minimum Gasteiger partial charge on any atom is -0.507 e. The third-order valence-corrected chi connectivity index (χ3v) is 3.52. The average molecular weight is 397 g/mol. The molecule has 4 nitrogen and oxygen atoms in total. The molecule has 110 valence electrons. The van der Waals surface area contributed by atoms with Crippen LogP contribution in [0.1, 0.15) is 15.9 Å². The summed E-state index contributed by atoms with van der Waals surface area (Å²) in [5.74, 6) is 0.452. The van der Waals surface area contributed by atoms with Crippen molar-refractivity contribution in [3.8, 4) is 11.5 Å². The van der Waals surface area contributed by atoms with E-state index in [1.807, 2.05) is 31.2 Å². The van der Waals surface area contributed by atoms with Crippen LogP contribution in [0.3, 0.4) is 0 Å². The van der Waals surface area contributed by atoms with Crippen LogP contribution in [-0.2, 0) is 0 Å². The number of ether oxygens (including phenoxy) is 1. The van der Waals surface area contributed by atoms with Gasteiger partial charge in [-0.2, -0.15) is 0 Å². The highest BCUT2D eigenvalue weighted by Gasteiger charge is 2.10. The van der Waals surface area contributed by atoms with Crippen LogP contribution in [0.25, 0.3) is 0 Å². The molecule has 21 heavy (non-hydrogen) atoms. The molecule has 2 aromatic carbocycles. The second kappa shape index (κ2) is 7.31. The summed E-state index contributed by atoms with van der Waals surface area (Å²) >= 11 is 2.10. The summed E-state index contributed by atoms with van der Waals surface area (Å²) in [6.45, 7) is 2.74. The Kier molecular flexibility index (Phi) is 5.44. The summed E-state index contributed by atoms with van der Waals surface area (Å²) in [5.41, 5.74) is 1.40. The first-order valence-electron chi connectivity index (χ1n) is 6.52. The van der Waals surface area contributed by atoms with Crippen molar-refractivity contribution in [2.45, 2.75) is 6.92 Å². The number of carbonyl (C=O) groups excluding carboxylic acids is 1. The standard InChI is InChI=1S/C16H16INO3/c1-11-3-2-4-13(9-11)21-8-7-18-16(20)14-10-12(17)5-6-15(14)19/h2-6,9-10,19H,7-8H2,1H3,(H,18,20). The molecule has 2 N–H and O–H groups in total. The lowest BCUT2D eigenvalue weighted by Gasteiger charge is -2.09. The highest BCUT2D eigenvalue weighted by atomic mass is 127. The normalized spacial score (nSPS) is 10.2. The van der Waals surface area contributed by atoms with E-state index in [0.717, 1.165) is 14.9 Å². The Morgan fingerprint density at radius 3 is 2.86 bits per heavy atom. The fourth-order valence-corrected chi connectivity index (χ4v) is 2.32. The van der Waals surface area contributed by atoms with Crippen LogP contribution in [-0.4, -0.2) is 24.2 Å². The number of nitrogens with one attached hydrogen (secondary N) is 1. The number of halogens is 1. The summed E-state index contributed by atoms with van der Waals surface area (Å²) in [4.78, 5) is 12.0. The lowest BCUT2D eigenvalue weighted by Crippen LogP contribution is -2.28. The van der Waals surface area contributed by atoms with Crippen molar-refractivity contribution in [1.82, 2.24) is 5.32 Å². The van der Waals surface area contributed by atoms with Crippen LogP contribution in [0.15, 0.2) is 42.5 Å². The Hall–Kier alpha value is -1.76. The van der Waals surface area contributed by atoms with Crippen molar-refractivity contribution in [1.29, 1.82) is 0 Å². The van der Waals surface area contributed by atoms with Crippen LogP contribution in [0.5, 0.6) is 11.5 Å². The number of hydrogen-bond acceptors (Lipinski definition) is 3. The van der Waals surface area contributed by atoms with Gasteiger partial charge in [-0.05, 0) is 65.4 Å². The molecule has 0 aliphatic rings. The van der Waals surface area contributed by atoms with Crippen LogP contribution in [0.2, 0.25) is 0 Å². The first-order chi connectivity index (χ1) is 10.1. The lowest BCUT2D eigenvalue weighted by atomic mass is 10.2. The first-order valence-corrected chi connectivity index (χ1v) is 7.60. The molecule has 0 bridgehead atoms. The fourth-order valence-electron chi connectivity index (χ4n) is 1.82. The van der Waals surface area contributed by atoms with E-state index in [1.165, 1.54) is 6.07 Å². The van der Waals surface area contributed by atoms with Crippen molar-refractivity contribution in [2.75, 3.05) is 13.2 Å². The molecular formula is C16H16INO3.